The van der Waals surface area contributed by atoms with Crippen LogP contribution in [0.1, 0.15) is 12.8 Å². The highest BCUT2D eigenvalue weighted by Crippen LogP contribution is 2.27. The lowest BCUT2D eigenvalue weighted by Gasteiger charge is -2.32. The number of fused-ring (bicyclic) bond motifs is 1. The van der Waals surface area contributed by atoms with E-state index >= 15 is 0 Å². The molecule has 0 radical (unpaired) electrons. The van der Waals surface area contributed by atoms with Gasteiger partial charge in [-0.3, -0.25) is 4.79 Å². The molecule has 5 nitrogen and oxygen atoms in total. The minimum Gasteiger partial charge on any atom is -0.354 e. The van der Waals surface area contributed by atoms with Crippen molar-refractivity contribution in [1.82, 2.24) is 10.2 Å². The monoisotopic (exact) mass is 414 g/mol. The van der Waals surface area contributed by atoms with Crippen LogP contribution in [-0.2, 0) is 4.79 Å². The molecule has 5 rings (SSSR count). The molecule has 0 spiro atoms. The summed E-state index contributed by atoms with van der Waals surface area (Å²) >= 11 is 1.65. The molecular weight excluding hydrogens is 392 g/mol. The van der Waals surface area contributed by atoms with E-state index in [1.165, 1.54) is 0 Å². The zero-order valence-electron chi connectivity index (χ0n) is 16.5. The molecule has 6 heteroatoms. The van der Waals surface area contributed by atoms with Crippen LogP contribution in [0, 0.1) is 5.92 Å². The molecule has 1 aliphatic rings. The van der Waals surface area contributed by atoms with Gasteiger partial charge in [0, 0.05) is 24.2 Å². The Bertz CT molecular complexity index is 1150. The van der Waals surface area contributed by atoms with Crippen LogP contribution in [0.4, 0.5) is 11.5 Å². The summed E-state index contributed by atoms with van der Waals surface area (Å²) in [7, 11) is 0. The van der Waals surface area contributed by atoms with Gasteiger partial charge in [-0.1, -0.05) is 42.5 Å². The van der Waals surface area contributed by atoms with E-state index in [4.69, 9.17) is 0 Å². The van der Waals surface area contributed by atoms with Crippen molar-refractivity contribution in [3.8, 4) is 10.6 Å². The van der Waals surface area contributed by atoms with Gasteiger partial charge in [0.25, 0.3) is 0 Å². The van der Waals surface area contributed by atoms with E-state index in [-0.39, 0.29) is 11.8 Å². The van der Waals surface area contributed by atoms with Crippen LogP contribution in [0.3, 0.4) is 0 Å². The molecule has 0 bridgehead atoms. The third-order valence-corrected chi connectivity index (χ3v) is 6.48. The van der Waals surface area contributed by atoms with Gasteiger partial charge < -0.3 is 10.2 Å². The van der Waals surface area contributed by atoms with Crippen LogP contribution in [-0.4, -0.2) is 29.2 Å². The smallest absolute Gasteiger partial charge is 0.229 e. The molecule has 30 heavy (non-hydrogen) atoms. The lowest BCUT2D eigenvalue weighted by Crippen LogP contribution is -2.41. The Kier molecular flexibility index (Phi) is 5.15. The summed E-state index contributed by atoms with van der Waals surface area (Å²) in [5.41, 5.74) is 1.76. The molecule has 0 saturated carbocycles. The number of nitrogens with zero attached hydrogens (tertiary/aromatic N) is 3. The lowest BCUT2D eigenvalue weighted by molar-refractivity contribution is -0.120. The average molecular weight is 415 g/mol. The fourth-order valence-corrected chi connectivity index (χ4v) is 4.71. The summed E-state index contributed by atoms with van der Waals surface area (Å²) in [5, 5.41) is 16.2. The van der Waals surface area contributed by atoms with Gasteiger partial charge in [0.15, 0.2) is 5.82 Å². The van der Waals surface area contributed by atoms with Crippen molar-refractivity contribution < 1.29 is 4.79 Å². The van der Waals surface area contributed by atoms with Crippen molar-refractivity contribution >= 4 is 39.5 Å². The molecule has 150 valence electrons. The fraction of sp³-hybridized carbons (Fsp3) is 0.208. The number of thiophene rings is 1. The molecule has 2 aromatic heterocycles. The van der Waals surface area contributed by atoms with E-state index in [9.17, 15) is 4.79 Å². The topological polar surface area (TPSA) is 58.1 Å². The van der Waals surface area contributed by atoms with Gasteiger partial charge >= 0.3 is 0 Å². The minimum atomic E-state index is -0.0727. The maximum Gasteiger partial charge on any atom is 0.229 e. The zero-order valence-corrected chi connectivity index (χ0v) is 17.3. The number of aromatic nitrogens is 2. The Balaban J connectivity index is 1.29. The molecule has 1 unspecified atom stereocenters. The van der Waals surface area contributed by atoms with E-state index in [0.29, 0.717) is 6.54 Å². The average Bonchev–Trinajstić information content (AvgIpc) is 3.35. The molecule has 1 atom stereocenters. The Morgan fingerprint density at radius 3 is 2.73 bits per heavy atom. The van der Waals surface area contributed by atoms with Gasteiger partial charge in [-0.05, 0) is 47.9 Å². The number of anilines is 2. The number of carbonyl (C=O) groups excluding carboxylic acids is 1. The second kappa shape index (κ2) is 8.24. The largest absolute Gasteiger partial charge is 0.354 e. The van der Waals surface area contributed by atoms with Crippen LogP contribution >= 0.6 is 11.3 Å². The number of rotatable bonds is 4. The van der Waals surface area contributed by atoms with Crippen LogP contribution < -0.4 is 10.2 Å². The number of nitrogens with one attached hydrogen (secondary N) is 1. The van der Waals surface area contributed by atoms with E-state index in [1.54, 1.807) is 11.3 Å². The second-order valence-corrected chi connectivity index (χ2v) is 8.50. The number of benzene rings is 2. The highest BCUT2D eigenvalue weighted by Gasteiger charge is 2.27. The summed E-state index contributed by atoms with van der Waals surface area (Å²) < 4.78 is 0. The number of carbonyl (C=O) groups is 1. The maximum atomic E-state index is 13.0. The van der Waals surface area contributed by atoms with Crippen molar-refractivity contribution in [2.75, 3.05) is 23.3 Å². The standard InChI is InChI=1S/C24H22N4OS/c29-24(25-20-10-3-7-17-6-1-2-9-19(17)20)18-8-4-14-28(16-18)23-13-12-21(26-27-23)22-11-5-15-30-22/h1-3,5-7,9-13,15,18H,4,8,14,16H2,(H,25,29). The summed E-state index contributed by atoms with van der Waals surface area (Å²) in [6, 6.07) is 22.2. The normalized spacial score (nSPS) is 16.5. The molecule has 0 aliphatic carbocycles. The van der Waals surface area contributed by atoms with Crippen molar-refractivity contribution in [2.24, 2.45) is 5.92 Å². The van der Waals surface area contributed by atoms with E-state index in [1.807, 2.05) is 60.0 Å². The molecule has 1 fully saturated rings. The third-order valence-electron chi connectivity index (χ3n) is 5.59. The number of amides is 1. The predicted octanol–water partition coefficient (Wildman–Crippen LogP) is 5.21. The highest BCUT2D eigenvalue weighted by atomic mass is 32.1. The van der Waals surface area contributed by atoms with Gasteiger partial charge in [-0.15, -0.1) is 21.5 Å². The molecule has 3 heterocycles. The van der Waals surface area contributed by atoms with Crippen LogP contribution in [0.2, 0.25) is 0 Å². The SMILES string of the molecule is O=C(Nc1cccc2ccccc12)C1CCCN(c2ccc(-c3cccs3)nn2)C1. The molecule has 1 aliphatic heterocycles. The molecule has 1 saturated heterocycles. The van der Waals surface area contributed by atoms with Gasteiger partial charge in [0.2, 0.25) is 5.91 Å². The predicted molar refractivity (Wildman–Crippen MR) is 123 cm³/mol. The summed E-state index contributed by atoms with van der Waals surface area (Å²) in [6.45, 7) is 1.55. The second-order valence-electron chi connectivity index (χ2n) is 7.56. The Morgan fingerprint density at radius 2 is 1.90 bits per heavy atom. The van der Waals surface area contributed by atoms with Crippen molar-refractivity contribution in [1.29, 1.82) is 0 Å². The first-order valence-electron chi connectivity index (χ1n) is 10.2. The van der Waals surface area contributed by atoms with Crippen molar-refractivity contribution in [3.63, 3.8) is 0 Å². The zero-order chi connectivity index (χ0) is 20.3. The van der Waals surface area contributed by atoms with Crippen LogP contribution in [0.25, 0.3) is 21.3 Å². The Morgan fingerprint density at radius 1 is 1.00 bits per heavy atom. The first-order chi connectivity index (χ1) is 14.8. The first-order valence-corrected chi connectivity index (χ1v) is 11.1. The maximum absolute atomic E-state index is 13.0. The molecule has 1 amide bonds. The van der Waals surface area contributed by atoms with Crippen LogP contribution in [0.15, 0.2) is 72.1 Å². The first kappa shape index (κ1) is 18.8. The van der Waals surface area contributed by atoms with E-state index in [0.717, 1.165) is 52.2 Å². The fourth-order valence-electron chi connectivity index (χ4n) is 4.02. The van der Waals surface area contributed by atoms with Gasteiger partial charge in [0.1, 0.15) is 5.69 Å². The third kappa shape index (κ3) is 3.78. The van der Waals surface area contributed by atoms with Crippen LogP contribution in [0.5, 0.6) is 0 Å². The number of hydrogen-bond donors (Lipinski definition) is 1. The van der Waals surface area contributed by atoms with Gasteiger partial charge in [-0.25, -0.2) is 0 Å². The lowest BCUT2D eigenvalue weighted by atomic mass is 9.96. The molecule has 2 aromatic carbocycles. The van der Waals surface area contributed by atoms with Gasteiger partial charge in [-0.2, -0.15) is 0 Å². The summed E-state index contributed by atoms with van der Waals surface area (Å²) in [5.74, 6) is 0.827. The van der Waals surface area contributed by atoms with Crippen molar-refractivity contribution in [2.45, 2.75) is 12.8 Å². The Labute approximate surface area is 179 Å². The molecule has 4 aromatic rings. The molecule has 1 N–H and O–H groups in total. The quantitative estimate of drug-likeness (QED) is 0.498. The number of hydrogen-bond acceptors (Lipinski definition) is 5. The van der Waals surface area contributed by atoms with E-state index < -0.39 is 0 Å². The van der Waals surface area contributed by atoms with Gasteiger partial charge in [0.05, 0.1) is 10.8 Å². The highest BCUT2D eigenvalue weighted by molar-refractivity contribution is 7.13. The Hall–Kier alpha value is -3.25. The number of piperidine rings is 1. The van der Waals surface area contributed by atoms with E-state index in [2.05, 4.69) is 32.5 Å². The molecular formula is C24H22N4OS. The summed E-state index contributed by atoms with van der Waals surface area (Å²) in [6.07, 6.45) is 1.84. The minimum absolute atomic E-state index is 0.0687. The van der Waals surface area contributed by atoms with Crippen molar-refractivity contribution in [3.05, 3.63) is 72.1 Å². The summed E-state index contributed by atoms with van der Waals surface area (Å²) in [4.78, 5) is 16.3.